The summed E-state index contributed by atoms with van der Waals surface area (Å²) >= 11 is 0. The molecule has 0 amide bonds. The lowest BCUT2D eigenvalue weighted by molar-refractivity contribution is 0.347. The largest absolute Gasteiger partial charge is 0.196 e. The minimum Gasteiger partial charge on any atom is -0.196 e. The molecule has 0 N–H and O–H groups in total. The molecule has 0 aromatic carbocycles. The summed E-state index contributed by atoms with van der Waals surface area (Å²) in [4.78, 5) is 0. The maximum atomic E-state index is 9.35. The van der Waals surface area contributed by atoms with Crippen LogP contribution in [0.2, 0.25) is 0 Å². The molecular weight excluding hydrogens is 208 g/mol. The van der Waals surface area contributed by atoms with E-state index in [9.17, 15) is 10.5 Å². The average Bonchev–Trinajstić information content (AvgIpc) is 2.36. The predicted octanol–water partition coefficient (Wildman–Crippen LogP) is 3.43. The Morgan fingerprint density at radius 3 is 2.59 bits per heavy atom. The maximum Gasteiger partial charge on any atom is 0.175 e. The van der Waals surface area contributed by atoms with Crippen LogP contribution in [-0.2, 0) is 0 Å². The van der Waals surface area contributed by atoms with Crippen molar-refractivity contribution < 1.29 is 0 Å². The first kappa shape index (κ1) is 13.3. The van der Waals surface area contributed by atoms with Crippen LogP contribution in [0.25, 0.3) is 0 Å². The molecular formula is C15H18N2. The Bertz CT molecular complexity index is 409. The van der Waals surface area contributed by atoms with Gasteiger partial charge in [0, 0.05) is 6.42 Å². The molecule has 1 aliphatic rings. The summed E-state index contributed by atoms with van der Waals surface area (Å²) in [6.07, 6.45) is 10.7. The highest BCUT2D eigenvalue weighted by molar-refractivity contribution is 5.37. The zero-order valence-electron chi connectivity index (χ0n) is 10.5. The monoisotopic (exact) mass is 226 g/mol. The van der Waals surface area contributed by atoms with Crippen LogP contribution in [0.1, 0.15) is 39.5 Å². The fourth-order valence-electron chi connectivity index (χ4n) is 2.57. The second-order valence-corrected chi connectivity index (χ2v) is 4.95. The Balaban J connectivity index is 3.19. The molecule has 1 unspecified atom stereocenters. The Morgan fingerprint density at radius 1 is 1.47 bits per heavy atom. The van der Waals surface area contributed by atoms with E-state index in [4.69, 9.17) is 6.42 Å². The topological polar surface area (TPSA) is 47.6 Å². The van der Waals surface area contributed by atoms with Gasteiger partial charge in [-0.2, -0.15) is 10.5 Å². The van der Waals surface area contributed by atoms with Gasteiger partial charge in [0.05, 0.1) is 12.1 Å². The molecule has 2 heteroatoms. The normalized spacial score (nSPS) is 20.0. The van der Waals surface area contributed by atoms with Crippen molar-refractivity contribution in [3.63, 3.8) is 0 Å². The van der Waals surface area contributed by atoms with Crippen molar-refractivity contribution in [2.24, 2.45) is 17.3 Å². The molecule has 17 heavy (non-hydrogen) atoms. The van der Waals surface area contributed by atoms with Crippen LogP contribution in [0.5, 0.6) is 0 Å². The van der Waals surface area contributed by atoms with Crippen molar-refractivity contribution in [1.82, 2.24) is 0 Å². The third kappa shape index (κ3) is 2.51. The molecule has 88 valence electrons. The standard InChI is InChI=1S/C15H18N2/c1-4-9-15(10-16,11-17)14-8-6-5-7-13(14)12(2)3/h1,8,12-13H,5-7,9H2,2-3H3. The first-order chi connectivity index (χ1) is 8.11. The summed E-state index contributed by atoms with van der Waals surface area (Å²) in [5, 5.41) is 18.7. The van der Waals surface area contributed by atoms with Crippen LogP contribution in [0.3, 0.4) is 0 Å². The number of terminal acetylenes is 1. The van der Waals surface area contributed by atoms with Crippen molar-refractivity contribution in [3.05, 3.63) is 11.6 Å². The fourth-order valence-corrected chi connectivity index (χ4v) is 2.57. The van der Waals surface area contributed by atoms with Gasteiger partial charge in [0.1, 0.15) is 0 Å². The first-order valence-corrected chi connectivity index (χ1v) is 6.07. The molecule has 0 aromatic rings. The third-order valence-corrected chi connectivity index (χ3v) is 3.53. The number of hydrogen-bond acceptors (Lipinski definition) is 2. The molecule has 1 atom stereocenters. The quantitative estimate of drug-likeness (QED) is 0.546. The fraction of sp³-hybridized carbons (Fsp3) is 0.600. The van der Waals surface area contributed by atoms with E-state index in [1.807, 2.05) is 0 Å². The van der Waals surface area contributed by atoms with E-state index in [-0.39, 0.29) is 6.42 Å². The third-order valence-electron chi connectivity index (χ3n) is 3.53. The lowest BCUT2D eigenvalue weighted by Gasteiger charge is -2.33. The zero-order valence-corrected chi connectivity index (χ0v) is 10.5. The van der Waals surface area contributed by atoms with E-state index in [0.717, 1.165) is 24.8 Å². The molecule has 0 saturated carbocycles. The van der Waals surface area contributed by atoms with Gasteiger partial charge >= 0.3 is 0 Å². The van der Waals surface area contributed by atoms with Gasteiger partial charge < -0.3 is 0 Å². The van der Waals surface area contributed by atoms with Gasteiger partial charge in [-0.25, -0.2) is 0 Å². The Hall–Kier alpha value is -1.72. The van der Waals surface area contributed by atoms with Gasteiger partial charge in [-0.1, -0.05) is 19.9 Å². The SMILES string of the molecule is C#CCC(C#N)(C#N)C1=CCCCC1C(C)C. The predicted molar refractivity (Wildman–Crippen MR) is 67.4 cm³/mol. The highest BCUT2D eigenvalue weighted by Gasteiger charge is 2.39. The second-order valence-electron chi connectivity index (χ2n) is 4.95. The molecule has 0 heterocycles. The van der Waals surface area contributed by atoms with E-state index in [2.05, 4.69) is 38.0 Å². The summed E-state index contributed by atoms with van der Waals surface area (Å²) in [6, 6.07) is 4.30. The number of hydrogen-bond donors (Lipinski definition) is 0. The Kier molecular flexibility index (Phi) is 4.37. The van der Waals surface area contributed by atoms with Crippen LogP contribution in [0.15, 0.2) is 11.6 Å². The molecule has 0 bridgehead atoms. The number of allylic oxidation sites excluding steroid dienone is 2. The molecule has 0 fully saturated rings. The number of rotatable bonds is 3. The van der Waals surface area contributed by atoms with Gasteiger partial charge in [-0.15, -0.1) is 12.3 Å². The highest BCUT2D eigenvalue weighted by Crippen LogP contribution is 2.42. The Labute approximate surface area is 104 Å². The summed E-state index contributed by atoms with van der Waals surface area (Å²) in [5.74, 6) is 3.24. The van der Waals surface area contributed by atoms with Crippen LogP contribution in [-0.4, -0.2) is 0 Å². The van der Waals surface area contributed by atoms with E-state index >= 15 is 0 Å². The minimum atomic E-state index is -1.11. The summed E-state index contributed by atoms with van der Waals surface area (Å²) < 4.78 is 0. The van der Waals surface area contributed by atoms with Crippen molar-refractivity contribution in [1.29, 1.82) is 10.5 Å². The van der Waals surface area contributed by atoms with E-state index < -0.39 is 5.41 Å². The van der Waals surface area contributed by atoms with Gasteiger partial charge in [0.15, 0.2) is 5.41 Å². The van der Waals surface area contributed by atoms with Crippen molar-refractivity contribution in [2.75, 3.05) is 0 Å². The van der Waals surface area contributed by atoms with Crippen LogP contribution in [0, 0.1) is 52.3 Å². The zero-order chi connectivity index (χ0) is 12.9. The van der Waals surface area contributed by atoms with Crippen LogP contribution < -0.4 is 0 Å². The van der Waals surface area contributed by atoms with E-state index in [0.29, 0.717) is 11.8 Å². The molecule has 1 rings (SSSR count). The van der Waals surface area contributed by atoms with Crippen molar-refractivity contribution in [2.45, 2.75) is 39.5 Å². The lowest BCUT2D eigenvalue weighted by atomic mass is 9.67. The molecule has 0 aromatic heterocycles. The van der Waals surface area contributed by atoms with Gasteiger partial charge in [-0.3, -0.25) is 0 Å². The minimum absolute atomic E-state index is 0.190. The van der Waals surface area contributed by atoms with Crippen LogP contribution >= 0.6 is 0 Å². The smallest absolute Gasteiger partial charge is 0.175 e. The van der Waals surface area contributed by atoms with Gasteiger partial charge in [-0.05, 0) is 36.7 Å². The van der Waals surface area contributed by atoms with E-state index in [1.165, 1.54) is 0 Å². The maximum absolute atomic E-state index is 9.35. The van der Waals surface area contributed by atoms with Crippen LogP contribution in [0.4, 0.5) is 0 Å². The molecule has 0 spiro atoms. The number of nitrogens with zero attached hydrogens (tertiary/aromatic N) is 2. The van der Waals surface area contributed by atoms with Gasteiger partial charge in [0.2, 0.25) is 0 Å². The average molecular weight is 226 g/mol. The molecule has 2 nitrogen and oxygen atoms in total. The molecule has 0 aliphatic heterocycles. The molecule has 0 saturated heterocycles. The second kappa shape index (κ2) is 5.56. The number of nitriles is 2. The lowest BCUT2D eigenvalue weighted by Crippen LogP contribution is -2.29. The molecule has 1 aliphatic carbocycles. The summed E-state index contributed by atoms with van der Waals surface area (Å²) in [5.41, 5.74) is -0.147. The first-order valence-electron chi connectivity index (χ1n) is 6.07. The Morgan fingerprint density at radius 2 is 2.12 bits per heavy atom. The summed E-state index contributed by atoms with van der Waals surface area (Å²) in [6.45, 7) is 4.28. The molecule has 0 radical (unpaired) electrons. The van der Waals surface area contributed by atoms with Gasteiger partial charge in [0.25, 0.3) is 0 Å². The summed E-state index contributed by atoms with van der Waals surface area (Å²) in [7, 11) is 0. The van der Waals surface area contributed by atoms with Crippen molar-refractivity contribution in [3.8, 4) is 24.5 Å². The van der Waals surface area contributed by atoms with Crippen molar-refractivity contribution >= 4 is 0 Å². The highest BCUT2D eigenvalue weighted by atomic mass is 14.5. The van der Waals surface area contributed by atoms with E-state index in [1.54, 1.807) is 0 Å².